The Morgan fingerprint density at radius 2 is 2.04 bits per heavy atom. The Morgan fingerprint density at radius 3 is 2.62 bits per heavy atom. The number of aryl methyl sites for hydroxylation is 2. The highest BCUT2D eigenvalue weighted by atomic mass is 127. The summed E-state index contributed by atoms with van der Waals surface area (Å²) in [5.74, 6) is 0. The minimum Gasteiger partial charge on any atom is -0.362 e. The van der Waals surface area contributed by atoms with Gasteiger partial charge >= 0.3 is 0 Å². The van der Waals surface area contributed by atoms with Crippen LogP contribution in [-0.4, -0.2) is 52.1 Å². The van der Waals surface area contributed by atoms with Crippen LogP contribution in [0.3, 0.4) is 0 Å². The zero-order chi connectivity index (χ0) is 18.8. The Hall–Kier alpha value is -1.19. The molecule has 1 aliphatic heterocycles. The fourth-order valence-electron chi connectivity index (χ4n) is 3.64. The molecule has 1 saturated heterocycles. The molecule has 5 nitrogen and oxygen atoms in total. The second kappa shape index (κ2) is 8.22. The lowest BCUT2D eigenvalue weighted by atomic mass is 9.96. The van der Waals surface area contributed by atoms with Crippen molar-refractivity contribution in [2.24, 2.45) is 0 Å². The van der Waals surface area contributed by atoms with Crippen molar-refractivity contribution in [1.29, 1.82) is 0 Å². The maximum absolute atomic E-state index is 5.73. The molecule has 0 spiro atoms. The molecule has 1 aliphatic rings. The first kappa shape index (κ1) is 19.6. The average molecular weight is 483 g/mol. The van der Waals surface area contributed by atoms with Crippen molar-refractivity contribution in [2.75, 3.05) is 27.2 Å². The molecule has 140 valence electrons. The van der Waals surface area contributed by atoms with Crippen LogP contribution in [0.1, 0.15) is 41.1 Å². The van der Waals surface area contributed by atoms with Gasteiger partial charge in [-0.2, -0.15) is 0 Å². The van der Waals surface area contributed by atoms with E-state index in [1.54, 1.807) is 0 Å². The van der Waals surface area contributed by atoms with Gasteiger partial charge in [0.1, 0.15) is 0 Å². The second-order valence-electron chi connectivity index (χ2n) is 7.08. The Bertz CT molecular complexity index is 774. The molecule has 0 aromatic carbocycles. The summed E-state index contributed by atoms with van der Waals surface area (Å²) < 4.78 is 1.29. The van der Waals surface area contributed by atoms with Crippen molar-refractivity contribution in [1.82, 2.24) is 25.1 Å². The topological polar surface area (TPSA) is 47.2 Å². The first-order valence-electron chi connectivity index (χ1n) is 8.87. The number of aromatic nitrogens is 2. The highest BCUT2D eigenvalue weighted by Gasteiger charge is 2.41. The molecule has 2 aromatic heterocycles. The minimum absolute atomic E-state index is 0.0606. The van der Waals surface area contributed by atoms with Crippen molar-refractivity contribution in [3.05, 3.63) is 50.6 Å². The van der Waals surface area contributed by atoms with E-state index in [9.17, 15) is 0 Å². The maximum Gasteiger partial charge on any atom is 0.170 e. The molecule has 2 atom stereocenters. The fourth-order valence-corrected chi connectivity index (χ4v) is 4.83. The Balaban J connectivity index is 1.99. The summed E-state index contributed by atoms with van der Waals surface area (Å²) in [7, 11) is 4.22. The molecule has 1 fully saturated rings. The number of hydrogen-bond acceptors (Lipinski definition) is 3. The van der Waals surface area contributed by atoms with E-state index in [-0.39, 0.29) is 12.1 Å². The summed E-state index contributed by atoms with van der Waals surface area (Å²) in [5.41, 5.74) is 4.78. The van der Waals surface area contributed by atoms with Crippen LogP contribution in [0.2, 0.25) is 0 Å². The van der Waals surface area contributed by atoms with Crippen LogP contribution in [-0.2, 0) is 0 Å². The van der Waals surface area contributed by atoms with Crippen molar-refractivity contribution in [3.63, 3.8) is 0 Å². The first-order valence-corrected chi connectivity index (χ1v) is 10.4. The summed E-state index contributed by atoms with van der Waals surface area (Å²) in [6, 6.07) is 6.29. The molecule has 0 aliphatic carbocycles. The van der Waals surface area contributed by atoms with Crippen molar-refractivity contribution < 1.29 is 0 Å². The Labute approximate surface area is 174 Å². The van der Waals surface area contributed by atoms with Gasteiger partial charge < -0.3 is 20.1 Å². The number of halogens is 1. The van der Waals surface area contributed by atoms with Gasteiger partial charge in [0.15, 0.2) is 5.11 Å². The highest BCUT2D eigenvalue weighted by molar-refractivity contribution is 14.1. The SMILES string of the molecule is Cc1[nH]c(C)c(C2C(c3ccccn3)NC(=S)N2CCCN(C)C)c1I. The number of rotatable bonds is 6. The summed E-state index contributed by atoms with van der Waals surface area (Å²) in [5, 5.41) is 4.35. The van der Waals surface area contributed by atoms with Crippen LogP contribution in [0.25, 0.3) is 0 Å². The fraction of sp³-hybridized carbons (Fsp3) is 0.474. The van der Waals surface area contributed by atoms with Gasteiger partial charge in [0.25, 0.3) is 0 Å². The van der Waals surface area contributed by atoms with Gasteiger partial charge in [-0.15, -0.1) is 0 Å². The lowest BCUT2D eigenvalue weighted by Gasteiger charge is -2.29. The maximum atomic E-state index is 5.73. The average Bonchev–Trinajstić information content (AvgIpc) is 3.04. The lowest BCUT2D eigenvalue weighted by molar-refractivity contribution is 0.291. The molecule has 2 unspecified atom stereocenters. The summed E-state index contributed by atoms with van der Waals surface area (Å²) in [6.07, 6.45) is 2.92. The molecule has 26 heavy (non-hydrogen) atoms. The quantitative estimate of drug-likeness (QED) is 0.486. The first-order chi connectivity index (χ1) is 12.4. The lowest BCUT2D eigenvalue weighted by Crippen LogP contribution is -2.32. The molecule has 0 saturated carbocycles. The van der Waals surface area contributed by atoms with Crippen LogP contribution >= 0.6 is 34.8 Å². The van der Waals surface area contributed by atoms with Crippen LogP contribution in [0.15, 0.2) is 24.4 Å². The number of pyridine rings is 1. The van der Waals surface area contributed by atoms with E-state index in [4.69, 9.17) is 12.2 Å². The molecule has 0 radical (unpaired) electrons. The second-order valence-corrected chi connectivity index (χ2v) is 8.54. The van der Waals surface area contributed by atoms with Crippen LogP contribution in [0, 0.1) is 17.4 Å². The third-order valence-electron chi connectivity index (χ3n) is 4.84. The van der Waals surface area contributed by atoms with Gasteiger partial charge in [0.2, 0.25) is 0 Å². The van der Waals surface area contributed by atoms with Crippen molar-refractivity contribution >= 4 is 39.9 Å². The predicted octanol–water partition coefficient (Wildman–Crippen LogP) is 3.56. The van der Waals surface area contributed by atoms with Crippen molar-refractivity contribution in [2.45, 2.75) is 32.4 Å². The number of nitrogens with zero attached hydrogens (tertiary/aromatic N) is 3. The number of H-pyrrole nitrogens is 1. The normalized spacial score (nSPS) is 20.1. The van der Waals surface area contributed by atoms with Gasteiger partial charge in [-0.25, -0.2) is 0 Å². The van der Waals surface area contributed by atoms with Crippen LogP contribution < -0.4 is 5.32 Å². The molecule has 2 N–H and O–H groups in total. The van der Waals surface area contributed by atoms with Gasteiger partial charge in [0, 0.05) is 33.3 Å². The predicted molar refractivity (Wildman–Crippen MR) is 118 cm³/mol. The van der Waals surface area contributed by atoms with E-state index in [0.717, 1.165) is 30.3 Å². The van der Waals surface area contributed by atoms with Crippen molar-refractivity contribution in [3.8, 4) is 0 Å². The zero-order valence-corrected chi connectivity index (χ0v) is 18.7. The number of thiocarbonyl (C=S) groups is 1. The molecular formula is C19H26IN5S. The standard InChI is InChI=1S/C19H26IN5S/c1-12-15(16(20)13(2)22-12)18-17(14-8-5-6-9-21-14)23-19(26)25(18)11-7-10-24(3)4/h5-6,8-9,17-18,22H,7,10-11H2,1-4H3,(H,23,26). The van der Waals surface area contributed by atoms with Gasteiger partial charge in [0.05, 0.1) is 17.8 Å². The number of nitrogens with one attached hydrogen (secondary N) is 2. The van der Waals surface area contributed by atoms with Gasteiger partial charge in [-0.1, -0.05) is 6.07 Å². The number of aromatic amines is 1. The van der Waals surface area contributed by atoms with Gasteiger partial charge in [-0.05, 0) is 87.8 Å². The molecule has 0 amide bonds. The molecule has 3 heterocycles. The van der Waals surface area contributed by atoms with E-state index in [1.807, 2.05) is 18.3 Å². The summed E-state index contributed by atoms with van der Waals surface area (Å²) in [4.78, 5) is 12.7. The van der Waals surface area contributed by atoms with E-state index in [2.05, 4.69) is 81.7 Å². The van der Waals surface area contributed by atoms with E-state index >= 15 is 0 Å². The van der Waals surface area contributed by atoms with Crippen LogP contribution in [0.5, 0.6) is 0 Å². The number of hydrogen-bond donors (Lipinski definition) is 2. The Kier molecular flexibility index (Phi) is 6.19. The summed E-state index contributed by atoms with van der Waals surface area (Å²) in [6.45, 7) is 6.25. The Morgan fingerprint density at radius 1 is 1.27 bits per heavy atom. The van der Waals surface area contributed by atoms with Gasteiger partial charge in [-0.3, -0.25) is 4.98 Å². The third kappa shape index (κ3) is 3.89. The molecule has 7 heteroatoms. The third-order valence-corrected chi connectivity index (χ3v) is 6.59. The molecular weight excluding hydrogens is 457 g/mol. The van der Waals surface area contributed by atoms with Crippen LogP contribution in [0.4, 0.5) is 0 Å². The van der Waals surface area contributed by atoms with E-state index in [1.165, 1.54) is 20.5 Å². The smallest absolute Gasteiger partial charge is 0.170 e. The monoisotopic (exact) mass is 483 g/mol. The molecule has 3 rings (SSSR count). The largest absolute Gasteiger partial charge is 0.362 e. The summed E-state index contributed by atoms with van der Waals surface area (Å²) >= 11 is 8.18. The molecule has 0 bridgehead atoms. The molecule has 2 aromatic rings. The van der Waals surface area contributed by atoms with E-state index < -0.39 is 0 Å². The van der Waals surface area contributed by atoms with E-state index in [0.29, 0.717) is 0 Å². The zero-order valence-electron chi connectivity index (χ0n) is 15.7. The highest BCUT2D eigenvalue weighted by Crippen LogP contribution is 2.42. The minimum atomic E-state index is 0.0606.